The van der Waals surface area contributed by atoms with Crippen molar-refractivity contribution in [1.82, 2.24) is 10.2 Å². The Hall–Kier alpha value is -3.14. The number of hydrogen-bond acceptors (Lipinski definition) is 4. The monoisotopic (exact) mass is 522 g/mol. The third-order valence-electron chi connectivity index (χ3n) is 7.01. The average molecular weight is 523 g/mol. The van der Waals surface area contributed by atoms with Crippen molar-refractivity contribution >= 4 is 11.9 Å². The highest BCUT2D eigenvalue weighted by Crippen LogP contribution is 2.46. The molecule has 2 aromatic rings. The normalized spacial score (nSPS) is 20.7. The summed E-state index contributed by atoms with van der Waals surface area (Å²) in [5, 5.41) is 10.3. The molecular formula is C27H30F4N2O4. The smallest absolute Gasteiger partial charge is 0.487 e. The van der Waals surface area contributed by atoms with Crippen LogP contribution in [0.25, 0.3) is 0 Å². The second-order valence-electron chi connectivity index (χ2n) is 9.98. The molecule has 0 bridgehead atoms. The number of ether oxygens (including phenoxy) is 1. The SMILES string of the molecule is O=C(CC1CC2(CCN(Cc3ccc(F)cc3)CC2)Oc2ccccc21)NC1CC1.O=C(O)C(F)(F)F. The minimum Gasteiger partial charge on any atom is -0.487 e. The molecule has 2 aliphatic heterocycles. The molecule has 2 N–H and O–H groups in total. The minimum absolute atomic E-state index is 0.170. The Labute approximate surface area is 212 Å². The molecule has 1 spiro atoms. The molecule has 3 aliphatic rings. The Morgan fingerprint density at radius 2 is 1.68 bits per heavy atom. The van der Waals surface area contributed by atoms with E-state index in [9.17, 15) is 22.4 Å². The molecule has 2 fully saturated rings. The number of nitrogens with zero attached hydrogens (tertiary/aromatic N) is 1. The van der Waals surface area contributed by atoms with Crippen LogP contribution in [0.15, 0.2) is 48.5 Å². The minimum atomic E-state index is -5.08. The third-order valence-corrected chi connectivity index (χ3v) is 7.01. The predicted molar refractivity (Wildman–Crippen MR) is 128 cm³/mol. The molecular weight excluding hydrogens is 492 g/mol. The molecule has 1 aliphatic carbocycles. The van der Waals surface area contributed by atoms with Gasteiger partial charge in [0, 0.05) is 38.0 Å². The summed E-state index contributed by atoms with van der Waals surface area (Å²) in [6.45, 7) is 2.72. The summed E-state index contributed by atoms with van der Waals surface area (Å²) in [4.78, 5) is 23.8. The van der Waals surface area contributed by atoms with Gasteiger partial charge in [0.05, 0.1) is 0 Å². The maximum atomic E-state index is 13.2. The first-order chi connectivity index (χ1) is 17.5. The van der Waals surface area contributed by atoms with Gasteiger partial charge in [0.1, 0.15) is 17.2 Å². The van der Waals surface area contributed by atoms with Crippen molar-refractivity contribution in [1.29, 1.82) is 0 Å². The maximum absolute atomic E-state index is 13.2. The number of rotatable bonds is 5. The van der Waals surface area contributed by atoms with E-state index in [1.165, 1.54) is 17.7 Å². The fraction of sp³-hybridized carbons (Fsp3) is 0.481. The van der Waals surface area contributed by atoms with Crippen LogP contribution in [-0.2, 0) is 16.1 Å². The topological polar surface area (TPSA) is 78.9 Å². The molecule has 6 nitrogen and oxygen atoms in total. The van der Waals surface area contributed by atoms with Gasteiger partial charge in [0.15, 0.2) is 0 Å². The van der Waals surface area contributed by atoms with Gasteiger partial charge < -0.3 is 15.2 Å². The Kier molecular flexibility index (Phi) is 8.06. The first-order valence-corrected chi connectivity index (χ1v) is 12.4. The number of carbonyl (C=O) groups is 2. The van der Waals surface area contributed by atoms with Crippen LogP contribution in [0.1, 0.15) is 55.6 Å². The van der Waals surface area contributed by atoms with Crippen molar-refractivity contribution in [3.8, 4) is 5.75 Å². The molecule has 200 valence electrons. The summed E-state index contributed by atoms with van der Waals surface area (Å²) in [6.07, 6.45) is 0.477. The van der Waals surface area contributed by atoms with Gasteiger partial charge in [0.2, 0.25) is 5.91 Å². The van der Waals surface area contributed by atoms with Crippen molar-refractivity contribution < 1.29 is 37.0 Å². The molecule has 0 radical (unpaired) electrons. The highest BCUT2D eigenvalue weighted by Gasteiger charge is 2.44. The third kappa shape index (κ3) is 7.44. The molecule has 5 rings (SSSR count). The number of carboxylic acids is 1. The molecule has 2 heterocycles. The number of para-hydroxylation sites is 1. The first-order valence-electron chi connectivity index (χ1n) is 12.4. The molecule has 0 aromatic heterocycles. The maximum Gasteiger partial charge on any atom is 0.490 e. The van der Waals surface area contributed by atoms with Crippen molar-refractivity contribution in [3.63, 3.8) is 0 Å². The van der Waals surface area contributed by atoms with Gasteiger partial charge in [-0.1, -0.05) is 30.3 Å². The number of piperidine rings is 1. The quantitative estimate of drug-likeness (QED) is 0.539. The lowest BCUT2D eigenvalue weighted by atomic mass is 9.76. The fourth-order valence-corrected chi connectivity index (χ4v) is 4.94. The van der Waals surface area contributed by atoms with E-state index in [0.29, 0.717) is 12.5 Å². The van der Waals surface area contributed by atoms with Gasteiger partial charge in [-0.3, -0.25) is 9.69 Å². The van der Waals surface area contributed by atoms with E-state index in [-0.39, 0.29) is 23.2 Å². The van der Waals surface area contributed by atoms with E-state index >= 15 is 0 Å². The van der Waals surface area contributed by atoms with Crippen molar-refractivity contribution in [2.75, 3.05) is 13.1 Å². The number of nitrogens with one attached hydrogen (secondary N) is 1. The number of fused-ring (bicyclic) bond motifs is 1. The number of carboxylic acid groups (broad SMARTS) is 1. The van der Waals surface area contributed by atoms with E-state index in [2.05, 4.69) is 16.3 Å². The molecule has 37 heavy (non-hydrogen) atoms. The molecule has 2 aromatic carbocycles. The van der Waals surface area contributed by atoms with Gasteiger partial charge in [-0.25, -0.2) is 9.18 Å². The van der Waals surface area contributed by atoms with E-state index in [1.54, 1.807) is 0 Å². The fourth-order valence-electron chi connectivity index (χ4n) is 4.94. The molecule has 10 heteroatoms. The second-order valence-corrected chi connectivity index (χ2v) is 9.98. The highest BCUT2D eigenvalue weighted by molar-refractivity contribution is 5.77. The summed E-state index contributed by atoms with van der Waals surface area (Å²) in [5.41, 5.74) is 2.11. The number of amides is 1. The second kappa shape index (κ2) is 11.1. The molecule has 1 atom stereocenters. The standard InChI is InChI=1S/C25H29FN2O2.C2HF3O2/c26-20-7-5-18(6-8-20)17-28-13-11-25(12-14-28)16-19(15-24(29)27-21-9-10-21)22-3-1-2-4-23(22)30-25;3-2(4,5)1(6)7/h1-8,19,21H,9-17H2,(H,27,29);(H,6,7). The molecule has 1 saturated carbocycles. The van der Waals surface area contributed by atoms with Crippen LogP contribution in [0.2, 0.25) is 0 Å². The van der Waals surface area contributed by atoms with Crippen molar-refractivity contribution in [2.45, 2.75) is 68.8 Å². The van der Waals surface area contributed by atoms with Gasteiger partial charge in [0.25, 0.3) is 0 Å². The van der Waals surface area contributed by atoms with Gasteiger partial charge in [-0.15, -0.1) is 0 Å². The van der Waals surface area contributed by atoms with Crippen LogP contribution in [0, 0.1) is 5.82 Å². The van der Waals surface area contributed by atoms with Crippen LogP contribution in [0.3, 0.4) is 0 Å². The van der Waals surface area contributed by atoms with E-state index in [4.69, 9.17) is 14.6 Å². The zero-order chi connectivity index (χ0) is 26.6. The number of likely N-dealkylation sites (tertiary alicyclic amines) is 1. The first kappa shape index (κ1) is 26.9. The van der Waals surface area contributed by atoms with Gasteiger partial charge in [-0.2, -0.15) is 13.2 Å². The zero-order valence-corrected chi connectivity index (χ0v) is 20.3. The van der Waals surface area contributed by atoms with E-state index in [1.807, 2.05) is 30.3 Å². The Balaban J connectivity index is 0.000000405. The van der Waals surface area contributed by atoms with Crippen LogP contribution in [-0.4, -0.2) is 52.8 Å². The lowest BCUT2D eigenvalue weighted by Crippen LogP contribution is -2.50. The van der Waals surface area contributed by atoms with E-state index < -0.39 is 12.1 Å². The van der Waals surface area contributed by atoms with Crippen LogP contribution in [0.5, 0.6) is 5.75 Å². The number of alkyl halides is 3. The summed E-state index contributed by atoms with van der Waals surface area (Å²) >= 11 is 0. The summed E-state index contributed by atoms with van der Waals surface area (Å²) in [5.74, 6) is -1.63. The zero-order valence-electron chi connectivity index (χ0n) is 20.3. The van der Waals surface area contributed by atoms with Gasteiger partial charge >= 0.3 is 12.1 Å². The van der Waals surface area contributed by atoms with Gasteiger partial charge in [-0.05, 0) is 61.4 Å². The lowest BCUT2D eigenvalue weighted by molar-refractivity contribution is -0.192. The molecule has 1 saturated heterocycles. The van der Waals surface area contributed by atoms with Crippen LogP contribution >= 0.6 is 0 Å². The van der Waals surface area contributed by atoms with Crippen LogP contribution in [0.4, 0.5) is 17.6 Å². The number of hydrogen-bond donors (Lipinski definition) is 2. The Bertz CT molecular complexity index is 1090. The largest absolute Gasteiger partial charge is 0.490 e. The molecule has 1 unspecified atom stereocenters. The number of carbonyl (C=O) groups excluding carboxylic acids is 1. The number of aliphatic carboxylic acids is 1. The van der Waals surface area contributed by atoms with Crippen molar-refractivity contribution in [2.24, 2.45) is 0 Å². The Morgan fingerprint density at radius 1 is 1.05 bits per heavy atom. The average Bonchev–Trinajstić information content (AvgIpc) is 3.66. The van der Waals surface area contributed by atoms with Crippen molar-refractivity contribution in [3.05, 3.63) is 65.5 Å². The number of benzene rings is 2. The predicted octanol–water partition coefficient (Wildman–Crippen LogP) is 5.03. The number of halogens is 4. The summed E-state index contributed by atoms with van der Waals surface area (Å²) in [6, 6.07) is 15.4. The van der Waals surface area contributed by atoms with E-state index in [0.717, 1.165) is 63.1 Å². The molecule has 1 amide bonds. The Morgan fingerprint density at radius 3 is 2.27 bits per heavy atom. The highest BCUT2D eigenvalue weighted by atomic mass is 19.4. The van der Waals surface area contributed by atoms with Crippen LogP contribution < -0.4 is 10.1 Å². The summed E-state index contributed by atoms with van der Waals surface area (Å²) < 4.78 is 51.5. The lowest BCUT2D eigenvalue weighted by Gasteiger charge is -2.47. The summed E-state index contributed by atoms with van der Waals surface area (Å²) in [7, 11) is 0.